The van der Waals surface area contributed by atoms with Gasteiger partial charge in [-0.05, 0) is 30.2 Å². The van der Waals surface area contributed by atoms with E-state index in [4.69, 9.17) is 10.5 Å². The van der Waals surface area contributed by atoms with Crippen molar-refractivity contribution in [1.82, 2.24) is 5.06 Å². The minimum atomic E-state index is -0.882. The Bertz CT molecular complexity index is 584. The lowest BCUT2D eigenvalue weighted by Gasteiger charge is -2.20. The van der Waals surface area contributed by atoms with E-state index in [9.17, 15) is 10.0 Å². The van der Waals surface area contributed by atoms with Crippen molar-refractivity contribution in [3.8, 4) is 5.75 Å². The van der Waals surface area contributed by atoms with E-state index in [0.29, 0.717) is 11.7 Å². The fourth-order valence-electron chi connectivity index (χ4n) is 1.92. The maximum absolute atomic E-state index is 10.9. The summed E-state index contributed by atoms with van der Waals surface area (Å²) >= 11 is 0. The number of rotatable bonds is 5. The third kappa shape index (κ3) is 3.97. The third-order valence-corrected chi connectivity index (χ3v) is 3.20. The molecule has 110 valence electrons. The zero-order chi connectivity index (χ0) is 15.2. The molecule has 0 bridgehead atoms. The van der Waals surface area contributed by atoms with Crippen molar-refractivity contribution in [2.45, 2.75) is 19.6 Å². The van der Waals surface area contributed by atoms with Crippen LogP contribution in [-0.4, -0.2) is 16.3 Å². The molecule has 21 heavy (non-hydrogen) atoms. The van der Waals surface area contributed by atoms with Crippen LogP contribution in [0, 0.1) is 0 Å². The van der Waals surface area contributed by atoms with Crippen molar-refractivity contribution >= 4 is 6.03 Å². The number of carbonyl (C=O) groups excluding carboxylic acids is 1. The number of carbonyl (C=O) groups is 1. The van der Waals surface area contributed by atoms with Crippen molar-refractivity contribution in [2.75, 3.05) is 0 Å². The summed E-state index contributed by atoms with van der Waals surface area (Å²) in [4.78, 5) is 10.9. The van der Waals surface area contributed by atoms with Gasteiger partial charge >= 0.3 is 6.03 Å². The highest BCUT2D eigenvalue weighted by Crippen LogP contribution is 2.21. The normalized spacial score (nSPS) is 11.7. The van der Waals surface area contributed by atoms with E-state index in [1.165, 1.54) is 0 Å². The van der Waals surface area contributed by atoms with Gasteiger partial charge in [-0.15, -0.1) is 0 Å². The van der Waals surface area contributed by atoms with Crippen molar-refractivity contribution in [3.05, 3.63) is 65.7 Å². The summed E-state index contributed by atoms with van der Waals surface area (Å²) in [5.74, 6) is 0.721. The van der Waals surface area contributed by atoms with E-state index in [-0.39, 0.29) is 0 Å². The van der Waals surface area contributed by atoms with Crippen molar-refractivity contribution in [1.29, 1.82) is 0 Å². The summed E-state index contributed by atoms with van der Waals surface area (Å²) in [6, 6.07) is 15.6. The summed E-state index contributed by atoms with van der Waals surface area (Å²) < 4.78 is 5.67. The Morgan fingerprint density at radius 1 is 1.19 bits per heavy atom. The predicted octanol–water partition coefficient (Wildman–Crippen LogP) is 3.10. The van der Waals surface area contributed by atoms with Crippen LogP contribution >= 0.6 is 0 Å². The molecular weight excluding hydrogens is 268 g/mol. The first kappa shape index (κ1) is 14.9. The Balaban J connectivity index is 1.97. The first-order valence-electron chi connectivity index (χ1n) is 6.62. The number of hydroxylamine groups is 2. The molecule has 0 spiro atoms. The molecular formula is C16H18N2O3. The minimum Gasteiger partial charge on any atom is -0.489 e. The quantitative estimate of drug-likeness (QED) is 0.655. The Morgan fingerprint density at radius 3 is 2.38 bits per heavy atom. The largest absolute Gasteiger partial charge is 0.489 e. The Hall–Kier alpha value is -2.53. The van der Waals surface area contributed by atoms with Gasteiger partial charge in [-0.3, -0.25) is 5.21 Å². The van der Waals surface area contributed by atoms with Crippen LogP contribution in [0.2, 0.25) is 0 Å². The van der Waals surface area contributed by atoms with Crippen molar-refractivity contribution < 1.29 is 14.7 Å². The molecule has 2 amide bonds. The zero-order valence-corrected chi connectivity index (χ0v) is 11.8. The van der Waals surface area contributed by atoms with E-state index in [1.54, 1.807) is 31.2 Å². The number of ether oxygens (including phenoxy) is 1. The van der Waals surface area contributed by atoms with Gasteiger partial charge in [0.25, 0.3) is 0 Å². The summed E-state index contributed by atoms with van der Waals surface area (Å²) in [6.07, 6.45) is 0. The number of benzene rings is 2. The van der Waals surface area contributed by atoms with Gasteiger partial charge < -0.3 is 10.5 Å². The summed E-state index contributed by atoms with van der Waals surface area (Å²) in [7, 11) is 0. The van der Waals surface area contributed by atoms with Gasteiger partial charge in [0.1, 0.15) is 12.4 Å². The fourth-order valence-corrected chi connectivity index (χ4v) is 1.92. The van der Waals surface area contributed by atoms with Crippen LogP contribution < -0.4 is 10.5 Å². The number of nitrogens with zero attached hydrogens (tertiary/aromatic N) is 1. The molecule has 2 aromatic rings. The third-order valence-electron chi connectivity index (χ3n) is 3.20. The Kier molecular flexibility index (Phi) is 4.79. The van der Waals surface area contributed by atoms with Crippen molar-refractivity contribution in [2.24, 2.45) is 5.73 Å². The fraction of sp³-hybridized carbons (Fsp3) is 0.188. The van der Waals surface area contributed by atoms with E-state index < -0.39 is 12.1 Å². The molecule has 0 aromatic heterocycles. The van der Waals surface area contributed by atoms with Gasteiger partial charge in [0, 0.05) is 0 Å². The minimum absolute atomic E-state index is 0.489. The van der Waals surface area contributed by atoms with Crippen LogP contribution in [0.1, 0.15) is 24.1 Å². The van der Waals surface area contributed by atoms with Gasteiger partial charge in [0.2, 0.25) is 0 Å². The van der Waals surface area contributed by atoms with Gasteiger partial charge in [0.15, 0.2) is 0 Å². The van der Waals surface area contributed by atoms with Crippen LogP contribution in [0.15, 0.2) is 54.6 Å². The number of urea groups is 1. The monoisotopic (exact) mass is 286 g/mol. The van der Waals surface area contributed by atoms with Crippen LogP contribution in [0.3, 0.4) is 0 Å². The molecule has 0 saturated heterocycles. The Morgan fingerprint density at radius 2 is 1.81 bits per heavy atom. The number of hydrogen-bond acceptors (Lipinski definition) is 3. The number of hydrogen-bond donors (Lipinski definition) is 2. The van der Waals surface area contributed by atoms with Gasteiger partial charge in [-0.1, -0.05) is 42.5 Å². The van der Waals surface area contributed by atoms with Gasteiger partial charge in [0.05, 0.1) is 6.04 Å². The molecule has 1 atom stereocenters. The number of amides is 2. The second kappa shape index (κ2) is 6.76. The lowest BCUT2D eigenvalue weighted by Crippen LogP contribution is -2.34. The van der Waals surface area contributed by atoms with Crippen LogP contribution in [-0.2, 0) is 6.61 Å². The summed E-state index contributed by atoms with van der Waals surface area (Å²) in [6.45, 7) is 2.17. The summed E-state index contributed by atoms with van der Waals surface area (Å²) in [5, 5.41) is 10.00. The SMILES string of the molecule is CC(c1ccc(OCc2ccccc2)cc1)N(O)C(N)=O. The maximum Gasteiger partial charge on any atom is 0.339 e. The first-order chi connectivity index (χ1) is 10.1. The van der Waals surface area contributed by atoms with E-state index in [1.807, 2.05) is 30.3 Å². The Labute approximate surface area is 123 Å². The molecule has 0 saturated carbocycles. The van der Waals surface area contributed by atoms with Crippen LogP contribution in [0.25, 0.3) is 0 Å². The molecule has 0 fully saturated rings. The molecule has 5 nitrogen and oxygen atoms in total. The maximum atomic E-state index is 10.9. The molecule has 5 heteroatoms. The zero-order valence-electron chi connectivity index (χ0n) is 11.8. The molecule has 0 aliphatic carbocycles. The van der Waals surface area contributed by atoms with Crippen LogP contribution in [0.5, 0.6) is 5.75 Å². The van der Waals surface area contributed by atoms with Crippen LogP contribution in [0.4, 0.5) is 4.79 Å². The first-order valence-corrected chi connectivity index (χ1v) is 6.62. The predicted molar refractivity (Wildman–Crippen MR) is 78.8 cm³/mol. The summed E-state index contributed by atoms with van der Waals surface area (Å²) in [5.41, 5.74) is 6.88. The highest BCUT2D eigenvalue weighted by Gasteiger charge is 2.16. The van der Waals surface area contributed by atoms with E-state index in [0.717, 1.165) is 16.9 Å². The number of nitrogens with two attached hydrogens (primary N) is 1. The molecule has 1 unspecified atom stereocenters. The second-order valence-corrected chi connectivity index (χ2v) is 4.70. The molecule has 0 heterocycles. The second-order valence-electron chi connectivity index (χ2n) is 4.70. The molecule has 0 aliphatic rings. The van der Waals surface area contributed by atoms with Crippen molar-refractivity contribution in [3.63, 3.8) is 0 Å². The highest BCUT2D eigenvalue weighted by atomic mass is 16.5. The molecule has 2 rings (SSSR count). The standard InChI is InChI=1S/C16H18N2O3/c1-12(18(20)16(17)19)14-7-9-15(10-8-14)21-11-13-5-3-2-4-6-13/h2-10,12,20H,11H2,1H3,(H2,17,19). The van der Waals surface area contributed by atoms with Gasteiger partial charge in [-0.25, -0.2) is 4.79 Å². The van der Waals surface area contributed by atoms with Gasteiger partial charge in [-0.2, -0.15) is 5.06 Å². The average Bonchev–Trinajstić information content (AvgIpc) is 2.53. The lowest BCUT2D eigenvalue weighted by molar-refractivity contribution is -0.0710. The smallest absolute Gasteiger partial charge is 0.339 e. The topological polar surface area (TPSA) is 75.8 Å². The average molecular weight is 286 g/mol. The molecule has 0 radical (unpaired) electrons. The number of primary amides is 1. The molecule has 3 N–H and O–H groups in total. The van der Waals surface area contributed by atoms with E-state index >= 15 is 0 Å². The molecule has 2 aromatic carbocycles. The lowest BCUT2D eigenvalue weighted by atomic mass is 10.1. The highest BCUT2D eigenvalue weighted by molar-refractivity contribution is 5.71. The molecule has 0 aliphatic heterocycles. The van der Waals surface area contributed by atoms with E-state index in [2.05, 4.69) is 0 Å².